The Morgan fingerprint density at radius 1 is 1.09 bits per heavy atom. The smallest absolute Gasteiger partial charge is 0.258 e. The summed E-state index contributed by atoms with van der Waals surface area (Å²) in [5.74, 6) is -2.49. The van der Waals surface area contributed by atoms with Crippen molar-refractivity contribution in [1.29, 1.82) is 0 Å². The Kier molecular flexibility index (Phi) is 3.15. The minimum atomic E-state index is -1.38. The lowest BCUT2D eigenvalue weighted by molar-refractivity contribution is -0.263. The zero-order valence-corrected chi connectivity index (χ0v) is 12.5. The Bertz CT molecular complexity index is 586. The maximum Gasteiger partial charge on any atom is 0.258 e. The number of ketones is 1. The Morgan fingerprint density at radius 3 is 2.55 bits per heavy atom. The standard InChI is InChI=1S/C16H18O6/c1-15(2)19-9-16(22-15)13(17)12-11(8-18-16)20-14(21-12)10-6-4-3-5-7-10/h3-7,11-12,14H,8-9H2,1-2H3/t11?,12?,14?,16-/m0/s1. The predicted octanol–water partition coefficient (Wildman–Crippen LogP) is 1.55. The van der Waals surface area contributed by atoms with Gasteiger partial charge in [0.15, 0.2) is 18.2 Å². The van der Waals surface area contributed by atoms with E-state index in [9.17, 15) is 4.79 Å². The van der Waals surface area contributed by atoms with Gasteiger partial charge in [0.2, 0.25) is 5.78 Å². The van der Waals surface area contributed by atoms with Gasteiger partial charge < -0.3 is 23.7 Å². The monoisotopic (exact) mass is 306 g/mol. The Labute approximate surface area is 128 Å². The average Bonchev–Trinajstić information content (AvgIpc) is 3.07. The molecule has 118 valence electrons. The van der Waals surface area contributed by atoms with Crippen LogP contribution in [0.25, 0.3) is 0 Å². The van der Waals surface area contributed by atoms with Crippen LogP contribution in [0.1, 0.15) is 25.7 Å². The highest BCUT2D eigenvalue weighted by Crippen LogP contribution is 2.42. The van der Waals surface area contributed by atoms with Crippen LogP contribution in [-0.4, -0.2) is 42.8 Å². The third-order valence-corrected chi connectivity index (χ3v) is 4.11. The lowest BCUT2D eigenvalue weighted by Gasteiger charge is -2.35. The zero-order valence-electron chi connectivity index (χ0n) is 12.5. The summed E-state index contributed by atoms with van der Waals surface area (Å²) >= 11 is 0. The van der Waals surface area contributed by atoms with Gasteiger partial charge in [-0.2, -0.15) is 0 Å². The van der Waals surface area contributed by atoms with Gasteiger partial charge in [0.05, 0.1) is 6.61 Å². The minimum Gasteiger partial charge on any atom is -0.344 e. The van der Waals surface area contributed by atoms with Crippen LogP contribution in [0.4, 0.5) is 0 Å². The highest BCUT2D eigenvalue weighted by Gasteiger charge is 2.61. The fourth-order valence-corrected chi connectivity index (χ4v) is 3.03. The molecule has 0 aliphatic carbocycles. The largest absolute Gasteiger partial charge is 0.344 e. The van der Waals surface area contributed by atoms with Gasteiger partial charge in [-0.05, 0) is 13.8 Å². The van der Waals surface area contributed by atoms with E-state index < -0.39 is 30.1 Å². The molecule has 3 saturated heterocycles. The summed E-state index contributed by atoms with van der Waals surface area (Å²) in [5, 5.41) is 0. The van der Waals surface area contributed by atoms with Gasteiger partial charge >= 0.3 is 0 Å². The summed E-state index contributed by atoms with van der Waals surface area (Å²) in [6.45, 7) is 3.81. The van der Waals surface area contributed by atoms with E-state index >= 15 is 0 Å². The van der Waals surface area contributed by atoms with Gasteiger partial charge in [-0.1, -0.05) is 30.3 Å². The molecule has 3 fully saturated rings. The summed E-state index contributed by atoms with van der Waals surface area (Å²) in [6.07, 6.45) is -1.68. The van der Waals surface area contributed by atoms with E-state index in [2.05, 4.69) is 0 Å². The van der Waals surface area contributed by atoms with Gasteiger partial charge in [-0.15, -0.1) is 0 Å². The predicted molar refractivity (Wildman–Crippen MR) is 73.7 cm³/mol. The van der Waals surface area contributed by atoms with E-state index in [1.807, 2.05) is 30.3 Å². The molecule has 0 aromatic heterocycles. The van der Waals surface area contributed by atoms with Gasteiger partial charge in [0, 0.05) is 5.56 Å². The minimum absolute atomic E-state index is 0.0709. The van der Waals surface area contributed by atoms with Crippen LogP contribution in [0, 0.1) is 0 Å². The van der Waals surface area contributed by atoms with Crippen molar-refractivity contribution in [3.8, 4) is 0 Å². The van der Waals surface area contributed by atoms with Crippen LogP contribution in [0.5, 0.6) is 0 Å². The molecule has 3 heterocycles. The molecule has 6 nitrogen and oxygen atoms in total. The van der Waals surface area contributed by atoms with Crippen molar-refractivity contribution in [2.75, 3.05) is 13.2 Å². The third-order valence-electron chi connectivity index (χ3n) is 4.11. The quantitative estimate of drug-likeness (QED) is 0.784. The SMILES string of the molecule is CC1(C)OC[C@]2(OCC3OC(c4ccccc4)OC3C2=O)O1. The highest BCUT2D eigenvalue weighted by atomic mass is 16.8. The summed E-state index contributed by atoms with van der Waals surface area (Å²) in [6, 6.07) is 9.53. The molecule has 6 heteroatoms. The van der Waals surface area contributed by atoms with Crippen molar-refractivity contribution in [3.05, 3.63) is 35.9 Å². The van der Waals surface area contributed by atoms with Crippen LogP contribution in [0.2, 0.25) is 0 Å². The van der Waals surface area contributed by atoms with Gasteiger partial charge in [0.1, 0.15) is 12.7 Å². The van der Waals surface area contributed by atoms with Gasteiger partial charge in [-0.3, -0.25) is 4.79 Å². The molecule has 0 N–H and O–H groups in total. The average molecular weight is 306 g/mol. The first kappa shape index (κ1) is 14.3. The molecular formula is C16H18O6. The number of ether oxygens (including phenoxy) is 5. The zero-order chi connectivity index (χ0) is 15.4. The summed E-state index contributed by atoms with van der Waals surface area (Å²) in [7, 11) is 0. The van der Waals surface area contributed by atoms with Crippen molar-refractivity contribution < 1.29 is 28.5 Å². The number of carbonyl (C=O) groups excluding carboxylic acids is 1. The summed E-state index contributed by atoms with van der Waals surface area (Å²) in [4.78, 5) is 12.8. The molecule has 3 aliphatic rings. The van der Waals surface area contributed by atoms with E-state index in [1.165, 1.54) is 0 Å². The van der Waals surface area contributed by atoms with E-state index in [0.717, 1.165) is 5.56 Å². The molecule has 0 amide bonds. The number of rotatable bonds is 1. The van der Waals surface area contributed by atoms with Crippen LogP contribution in [-0.2, 0) is 28.5 Å². The lowest BCUT2D eigenvalue weighted by atomic mass is 9.99. The maximum absolute atomic E-state index is 12.8. The van der Waals surface area contributed by atoms with Crippen LogP contribution < -0.4 is 0 Å². The first-order valence-corrected chi connectivity index (χ1v) is 7.37. The number of fused-ring (bicyclic) bond motifs is 1. The van der Waals surface area contributed by atoms with Crippen molar-refractivity contribution in [3.63, 3.8) is 0 Å². The normalized spacial score (nSPS) is 40.1. The summed E-state index contributed by atoms with van der Waals surface area (Å²) < 4.78 is 28.5. The Morgan fingerprint density at radius 2 is 1.86 bits per heavy atom. The molecule has 1 aromatic rings. The fraction of sp³-hybridized carbons (Fsp3) is 0.562. The Hall–Kier alpha value is -1.31. The van der Waals surface area contributed by atoms with Crippen molar-refractivity contribution in [1.82, 2.24) is 0 Å². The molecule has 22 heavy (non-hydrogen) atoms. The molecule has 0 bridgehead atoms. The first-order chi connectivity index (χ1) is 10.5. The fourth-order valence-electron chi connectivity index (χ4n) is 3.03. The molecule has 4 rings (SSSR count). The van der Waals surface area contributed by atoms with Crippen molar-refractivity contribution in [2.24, 2.45) is 0 Å². The van der Waals surface area contributed by atoms with Crippen molar-refractivity contribution in [2.45, 2.75) is 43.9 Å². The number of hydrogen-bond acceptors (Lipinski definition) is 6. The Balaban J connectivity index is 1.55. The molecule has 1 spiro atoms. The second kappa shape index (κ2) is 4.84. The molecule has 1 aromatic carbocycles. The second-order valence-electron chi connectivity index (χ2n) is 6.19. The van der Waals surface area contributed by atoms with E-state index in [-0.39, 0.29) is 19.0 Å². The number of Topliss-reactive ketones (excluding diaryl/α,β-unsaturated/α-hetero) is 1. The highest BCUT2D eigenvalue weighted by molar-refractivity contribution is 5.92. The molecule has 3 unspecified atom stereocenters. The topological polar surface area (TPSA) is 63.2 Å². The van der Waals surface area contributed by atoms with E-state index in [0.29, 0.717) is 0 Å². The first-order valence-electron chi connectivity index (χ1n) is 7.37. The molecule has 0 saturated carbocycles. The molecule has 4 atom stereocenters. The lowest BCUT2D eigenvalue weighted by Crippen LogP contribution is -2.58. The summed E-state index contributed by atoms with van der Waals surface area (Å²) in [5.41, 5.74) is 0.877. The van der Waals surface area contributed by atoms with Crippen LogP contribution in [0.3, 0.4) is 0 Å². The van der Waals surface area contributed by atoms with E-state index in [4.69, 9.17) is 23.7 Å². The molecular weight excluding hydrogens is 288 g/mol. The number of hydrogen-bond donors (Lipinski definition) is 0. The van der Waals surface area contributed by atoms with Crippen molar-refractivity contribution >= 4 is 5.78 Å². The second-order valence-corrected chi connectivity index (χ2v) is 6.19. The number of carbonyl (C=O) groups is 1. The molecule has 0 radical (unpaired) electrons. The van der Waals surface area contributed by atoms with Crippen LogP contribution in [0.15, 0.2) is 30.3 Å². The maximum atomic E-state index is 12.8. The van der Waals surface area contributed by atoms with Crippen LogP contribution >= 0.6 is 0 Å². The third kappa shape index (κ3) is 2.19. The van der Waals surface area contributed by atoms with E-state index in [1.54, 1.807) is 13.8 Å². The molecule has 3 aliphatic heterocycles. The van der Waals surface area contributed by atoms with Gasteiger partial charge in [-0.25, -0.2) is 0 Å². The van der Waals surface area contributed by atoms with Gasteiger partial charge in [0.25, 0.3) is 5.79 Å². The number of benzene rings is 1.